The molecule has 1 saturated carbocycles. The highest BCUT2D eigenvalue weighted by atomic mass is 19.4. The van der Waals surface area contributed by atoms with Gasteiger partial charge in [-0.15, -0.1) is 0 Å². The smallest absolute Gasteiger partial charge is 0.422 e. The van der Waals surface area contributed by atoms with E-state index in [2.05, 4.69) is 36.2 Å². The molecule has 0 radical (unpaired) electrons. The lowest BCUT2D eigenvalue weighted by molar-refractivity contribution is -0.154. The number of nitrogens with one attached hydrogen (secondary N) is 4. The van der Waals surface area contributed by atoms with Gasteiger partial charge in [0.2, 0.25) is 11.9 Å². The molecule has 3 aromatic rings. The lowest BCUT2D eigenvalue weighted by Gasteiger charge is -2.41. The Morgan fingerprint density at radius 3 is 2.23 bits per heavy atom. The molecule has 14 heteroatoms. The molecule has 6 heterocycles. The molecule has 4 N–H and O–H groups in total. The zero-order chi connectivity index (χ0) is 29.9. The van der Waals surface area contributed by atoms with E-state index < -0.39 is 18.8 Å². The quantitative estimate of drug-likeness (QED) is 0.346. The van der Waals surface area contributed by atoms with Crippen molar-refractivity contribution in [3.63, 3.8) is 0 Å². The van der Waals surface area contributed by atoms with Gasteiger partial charge >= 0.3 is 12.2 Å². The Hall–Kier alpha value is -4.17. The number of hydrogen-bond acceptors (Lipinski definition) is 10. The first kappa shape index (κ1) is 28.9. The van der Waals surface area contributed by atoms with Gasteiger partial charge in [-0.2, -0.15) is 28.1 Å². The van der Waals surface area contributed by atoms with Crippen LogP contribution >= 0.6 is 0 Å². The van der Waals surface area contributed by atoms with Crippen molar-refractivity contribution in [2.24, 2.45) is 10.8 Å². The molecule has 6 bridgehead atoms. The van der Waals surface area contributed by atoms with Crippen molar-refractivity contribution >= 4 is 23.5 Å². The van der Waals surface area contributed by atoms with Gasteiger partial charge in [-0.3, -0.25) is 4.79 Å². The number of ether oxygens (including phenoxy) is 3. The van der Waals surface area contributed by atoms with Gasteiger partial charge in [-0.25, -0.2) is 0 Å². The van der Waals surface area contributed by atoms with Crippen LogP contribution in [0.3, 0.4) is 0 Å². The number of amides is 1. The average molecular weight is 600 g/mol. The van der Waals surface area contributed by atoms with Crippen LogP contribution in [0.5, 0.6) is 11.8 Å². The molecule has 228 valence electrons. The third-order valence-corrected chi connectivity index (χ3v) is 7.70. The van der Waals surface area contributed by atoms with Gasteiger partial charge in [-0.05, 0) is 54.8 Å². The lowest BCUT2D eigenvalue weighted by Crippen LogP contribution is -2.54. The van der Waals surface area contributed by atoms with E-state index in [0.29, 0.717) is 43.4 Å². The molecule has 0 unspecified atom stereocenters. The van der Waals surface area contributed by atoms with Crippen LogP contribution in [0.1, 0.15) is 28.8 Å². The summed E-state index contributed by atoms with van der Waals surface area (Å²) in [6.45, 7) is 2.56. The second-order valence-electron chi connectivity index (χ2n) is 11.4. The van der Waals surface area contributed by atoms with E-state index in [4.69, 9.17) is 14.2 Å². The molecule has 5 aliphatic heterocycles. The summed E-state index contributed by atoms with van der Waals surface area (Å²) in [6.07, 6.45) is -2.49. The summed E-state index contributed by atoms with van der Waals surface area (Å²) in [6, 6.07) is 13.6. The number of carbonyl (C=O) groups excluding carboxylic acids is 1. The molecule has 1 amide bonds. The summed E-state index contributed by atoms with van der Waals surface area (Å²) in [7, 11) is 0. The van der Waals surface area contributed by atoms with Gasteiger partial charge in [0.1, 0.15) is 5.75 Å². The molecule has 1 saturated heterocycles. The van der Waals surface area contributed by atoms with Crippen LogP contribution in [-0.2, 0) is 11.3 Å². The number of halogens is 3. The molecule has 1 aromatic heterocycles. The van der Waals surface area contributed by atoms with Crippen LogP contribution in [0, 0.1) is 10.8 Å². The number of rotatable bonds is 2. The Bertz CT molecular complexity index is 1430. The van der Waals surface area contributed by atoms with Crippen molar-refractivity contribution in [3.8, 4) is 11.8 Å². The first-order chi connectivity index (χ1) is 20.7. The van der Waals surface area contributed by atoms with E-state index in [1.54, 1.807) is 24.3 Å². The fraction of sp³-hybridized carbons (Fsp3) is 0.448. The van der Waals surface area contributed by atoms with E-state index in [1.165, 1.54) is 0 Å². The number of aromatic nitrogens is 3. The highest BCUT2D eigenvalue weighted by Gasteiger charge is 2.44. The number of anilines is 3. The van der Waals surface area contributed by atoms with Crippen molar-refractivity contribution in [1.29, 1.82) is 0 Å². The van der Waals surface area contributed by atoms with Crippen LogP contribution in [0.2, 0.25) is 0 Å². The van der Waals surface area contributed by atoms with Crippen molar-refractivity contribution < 1.29 is 32.2 Å². The normalized spacial score (nSPS) is 19.7. The molecular weight excluding hydrogens is 567 g/mol. The Balaban J connectivity index is 1.23. The monoisotopic (exact) mass is 599 g/mol. The summed E-state index contributed by atoms with van der Waals surface area (Å²) in [5.74, 6) is 0.520. The highest BCUT2D eigenvalue weighted by Crippen LogP contribution is 2.44. The number of carbonyl (C=O) groups is 1. The van der Waals surface area contributed by atoms with Gasteiger partial charge in [0.25, 0.3) is 5.91 Å². The zero-order valence-electron chi connectivity index (χ0n) is 23.3. The van der Waals surface area contributed by atoms with Crippen molar-refractivity contribution in [3.05, 3.63) is 59.7 Å². The SMILES string of the molecule is O=C1NCC2(CC2)CNCC2(COC2)COc2ccc(cc2)CNc2nc(nc(OCC(F)(F)F)n2)Nc2ccc1cc2. The highest BCUT2D eigenvalue weighted by molar-refractivity contribution is 5.94. The van der Waals surface area contributed by atoms with Crippen molar-refractivity contribution in [2.45, 2.75) is 25.6 Å². The van der Waals surface area contributed by atoms with E-state index in [1.807, 2.05) is 24.3 Å². The Labute approximate surface area is 245 Å². The minimum atomic E-state index is -4.56. The van der Waals surface area contributed by atoms with Crippen molar-refractivity contribution in [2.75, 3.05) is 56.7 Å². The van der Waals surface area contributed by atoms with Gasteiger partial charge in [0, 0.05) is 42.8 Å². The predicted molar refractivity (Wildman–Crippen MR) is 150 cm³/mol. The second-order valence-corrected chi connectivity index (χ2v) is 11.4. The third-order valence-electron chi connectivity index (χ3n) is 7.70. The molecule has 2 spiro atoms. The maximum absolute atomic E-state index is 12.9. The average Bonchev–Trinajstić information content (AvgIpc) is 3.74. The molecule has 2 aromatic carbocycles. The first-order valence-electron chi connectivity index (χ1n) is 14.0. The fourth-order valence-corrected chi connectivity index (χ4v) is 4.84. The summed E-state index contributed by atoms with van der Waals surface area (Å²) in [5, 5.41) is 12.6. The van der Waals surface area contributed by atoms with Crippen LogP contribution in [-0.4, -0.2) is 73.1 Å². The third kappa shape index (κ3) is 7.62. The van der Waals surface area contributed by atoms with Crippen molar-refractivity contribution in [1.82, 2.24) is 25.6 Å². The number of benzene rings is 2. The summed E-state index contributed by atoms with van der Waals surface area (Å²) < 4.78 is 54.8. The van der Waals surface area contributed by atoms with Crippen LogP contribution in [0.15, 0.2) is 48.5 Å². The standard InChI is InChI=1S/C29H32F3N7O4/c30-29(31,32)18-43-26-38-24-34-11-19-1-7-22(8-2-19)42-17-28(15-41-16-28)13-33-12-27(9-10-27)14-35-23(40)20-3-5-21(6-4-20)36-25(37-24)39-26/h1-8,33H,9-18H2,(H,35,40)(H2,34,36,37,38,39). The fourth-order valence-electron chi connectivity index (χ4n) is 4.84. The number of alkyl halides is 3. The maximum atomic E-state index is 12.9. The van der Waals surface area contributed by atoms with Gasteiger partial charge in [0.15, 0.2) is 6.61 Å². The summed E-state index contributed by atoms with van der Waals surface area (Å²) >= 11 is 0. The summed E-state index contributed by atoms with van der Waals surface area (Å²) in [4.78, 5) is 25.1. The Morgan fingerprint density at radius 2 is 1.56 bits per heavy atom. The first-order valence-corrected chi connectivity index (χ1v) is 14.0. The molecule has 43 heavy (non-hydrogen) atoms. The van der Waals surface area contributed by atoms with E-state index >= 15 is 0 Å². The molecule has 1 aliphatic carbocycles. The van der Waals surface area contributed by atoms with E-state index in [0.717, 1.165) is 31.5 Å². The van der Waals surface area contributed by atoms with Crippen LogP contribution in [0.25, 0.3) is 0 Å². The maximum Gasteiger partial charge on any atom is 0.422 e. The minimum Gasteiger partial charge on any atom is -0.493 e. The zero-order valence-corrected chi connectivity index (χ0v) is 23.3. The molecule has 11 nitrogen and oxygen atoms in total. The second kappa shape index (κ2) is 11.8. The van der Waals surface area contributed by atoms with Gasteiger partial charge in [-0.1, -0.05) is 12.1 Å². The molecule has 9 rings (SSSR count). The van der Waals surface area contributed by atoms with Gasteiger partial charge < -0.3 is 35.5 Å². The van der Waals surface area contributed by atoms with E-state index in [9.17, 15) is 18.0 Å². The lowest BCUT2D eigenvalue weighted by atomic mass is 9.86. The molecule has 0 atom stereocenters. The number of hydrogen-bond donors (Lipinski definition) is 4. The summed E-state index contributed by atoms with van der Waals surface area (Å²) in [5.41, 5.74) is 1.79. The Kier molecular flexibility index (Phi) is 7.97. The largest absolute Gasteiger partial charge is 0.493 e. The van der Waals surface area contributed by atoms with Crippen LogP contribution < -0.4 is 30.7 Å². The van der Waals surface area contributed by atoms with Crippen LogP contribution in [0.4, 0.5) is 30.8 Å². The molecular formula is C29H32F3N7O4. The van der Waals surface area contributed by atoms with E-state index in [-0.39, 0.29) is 35.2 Å². The topological polar surface area (TPSA) is 132 Å². The van der Waals surface area contributed by atoms with Gasteiger partial charge in [0.05, 0.1) is 25.2 Å². The Morgan fingerprint density at radius 1 is 0.837 bits per heavy atom. The molecule has 6 aliphatic rings. The predicted octanol–water partition coefficient (Wildman–Crippen LogP) is 3.68. The molecule has 2 fully saturated rings. The number of nitrogens with zero attached hydrogens (tertiary/aromatic N) is 3. The minimum absolute atomic E-state index is 0.0221.